The first-order chi connectivity index (χ1) is 8.56. The van der Waals surface area contributed by atoms with Crippen LogP contribution in [0.5, 0.6) is 0 Å². The van der Waals surface area contributed by atoms with Crippen molar-refractivity contribution in [2.75, 3.05) is 6.54 Å². The summed E-state index contributed by atoms with van der Waals surface area (Å²) in [7, 11) is 0. The van der Waals surface area contributed by atoms with Gasteiger partial charge in [0.15, 0.2) is 0 Å². The summed E-state index contributed by atoms with van der Waals surface area (Å²) >= 11 is 5.49. The summed E-state index contributed by atoms with van der Waals surface area (Å²) in [6, 6.07) is 10.9. The van der Waals surface area contributed by atoms with Crippen LogP contribution in [0.15, 0.2) is 34.8 Å². The Morgan fingerprint density at radius 1 is 1.28 bits per heavy atom. The molecule has 18 heavy (non-hydrogen) atoms. The van der Waals surface area contributed by atoms with E-state index in [-0.39, 0.29) is 5.41 Å². The van der Waals surface area contributed by atoms with E-state index in [0.29, 0.717) is 0 Å². The minimum Gasteiger partial charge on any atom is -0.312 e. The van der Waals surface area contributed by atoms with Crippen molar-refractivity contribution in [1.29, 1.82) is 0 Å². The highest BCUT2D eigenvalue weighted by atomic mass is 79.9. The van der Waals surface area contributed by atoms with E-state index < -0.39 is 0 Å². The van der Waals surface area contributed by atoms with Gasteiger partial charge in [-0.2, -0.15) is 0 Å². The number of hydrogen-bond donors (Lipinski definition) is 1. The lowest BCUT2D eigenvalue weighted by atomic mass is 9.86. The molecule has 3 rings (SSSR count). The Kier molecular flexibility index (Phi) is 3.08. The lowest BCUT2D eigenvalue weighted by Crippen LogP contribution is -2.37. The minimum absolute atomic E-state index is 0.252. The van der Waals surface area contributed by atoms with Gasteiger partial charge in [-0.3, -0.25) is 0 Å². The van der Waals surface area contributed by atoms with Gasteiger partial charge in [0.25, 0.3) is 0 Å². The van der Waals surface area contributed by atoms with E-state index in [2.05, 4.69) is 65.4 Å². The quantitative estimate of drug-likeness (QED) is 0.812. The van der Waals surface area contributed by atoms with Gasteiger partial charge < -0.3 is 5.32 Å². The first-order valence-electron chi connectivity index (χ1n) is 6.16. The van der Waals surface area contributed by atoms with Gasteiger partial charge in [0, 0.05) is 32.7 Å². The zero-order valence-corrected chi connectivity index (χ0v) is 13.0. The van der Waals surface area contributed by atoms with Crippen LogP contribution in [-0.2, 0) is 12.0 Å². The summed E-state index contributed by atoms with van der Waals surface area (Å²) in [4.78, 5) is 2.91. The van der Waals surface area contributed by atoms with Gasteiger partial charge in [0.05, 0.1) is 0 Å². The van der Waals surface area contributed by atoms with Crippen molar-refractivity contribution < 1.29 is 0 Å². The number of fused-ring (bicyclic) bond motifs is 1. The van der Waals surface area contributed by atoms with E-state index in [9.17, 15) is 0 Å². The van der Waals surface area contributed by atoms with Crippen molar-refractivity contribution in [1.82, 2.24) is 5.32 Å². The monoisotopic (exact) mass is 321 g/mol. The molecule has 0 unspecified atom stereocenters. The summed E-state index contributed by atoms with van der Waals surface area (Å²) in [5.74, 6) is 0. The average molecular weight is 322 g/mol. The van der Waals surface area contributed by atoms with Gasteiger partial charge in [-0.15, -0.1) is 11.3 Å². The number of hydrogen-bond acceptors (Lipinski definition) is 2. The third kappa shape index (κ3) is 2.15. The molecule has 0 bridgehead atoms. The minimum atomic E-state index is 0.252. The standard InChI is InChI=1S/C15H16BrNS/c1-15(2)9-17-8-11-7-13(18-14(11)15)10-4-3-5-12(16)6-10/h3-7,17H,8-9H2,1-2H3. The van der Waals surface area contributed by atoms with Crippen LogP contribution in [0.3, 0.4) is 0 Å². The topological polar surface area (TPSA) is 12.0 Å². The fourth-order valence-corrected chi connectivity index (χ4v) is 4.18. The summed E-state index contributed by atoms with van der Waals surface area (Å²) in [6.07, 6.45) is 0. The van der Waals surface area contributed by atoms with E-state index >= 15 is 0 Å². The SMILES string of the molecule is CC1(C)CNCc2cc(-c3cccc(Br)c3)sc21. The van der Waals surface area contributed by atoms with Gasteiger partial charge in [-0.05, 0) is 29.3 Å². The van der Waals surface area contributed by atoms with Crippen molar-refractivity contribution in [2.45, 2.75) is 25.8 Å². The molecule has 0 amide bonds. The smallest absolute Gasteiger partial charge is 0.0349 e. The third-order valence-electron chi connectivity index (χ3n) is 3.42. The van der Waals surface area contributed by atoms with E-state index in [4.69, 9.17) is 0 Å². The first kappa shape index (κ1) is 12.4. The van der Waals surface area contributed by atoms with Crippen LogP contribution in [0.25, 0.3) is 10.4 Å². The molecule has 1 aliphatic heterocycles. The predicted molar refractivity (Wildman–Crippen MR) is 82.2 cm³/mol. The van der Waals surface area contributed by atoms with Crippen LogP contribution in [0.4, 0.5) is 0 Å². The molecule has 3 heteroatoms. The maximum atomic E-state index is 3.55. The van der Waals surface area contributed by atoms with Gasteiger partial charge in [-0.25, -0.2) is 0 Å². The molecule has 94 valence electrons. The van der Waals surface area contributed by atoms with Gasteiger partial charge in [-0.1, -0.05) is 41.9 Å². The number of thiophene rings is 1. The number of nitrogens with one attached hydrogen (secondary N) is 1. The van der Waals surface area contributed by atoms with Crippen molar-refractivity contribution in [2.24, 2.45) is 0 Å². The second kappa shape index (κ2) is 4.48. The third-order valence-corrected chi connectivity index (χ3v) is 5.50. The molecule has 1 aromatic heterocycles. The molecule has 2 heterocycles. The van der Waals surface area contributed by atoms with Gasteiger partial charge in [0.1, 0.15) is 0 Å². The molecule has 0 radical (unpaired) electrons. The predicted octanol–water partition coefficient (Wildman–Crippen LogP) is 4.56. The number of halogens is 1. The van der Waals surface area contributed by atoms with Crippen LogP contribution >= 0.6 is 27.3 Å². The summed E-state index contributed by atoms with van der Waals surface area (Å²) in [6.45, 7) is 6.71. The number of benzene rings is 1. The van der Waals surface area contributed by atoms with Gasteiger partial charge >= 0.3 is 0 Å². The fourth-order valence-electron chi connectivity index (χ4n) is 2.51. The van der Waals surface area contributed by atoms with Crippen molar-refractivity contribution in [3.63, 3.8) is 0 Å². The van der Waals surface area contributed by atoms with Crippen LogP contribution < -0.4 is 5.32 Å². The van der Waals surface area contributed by atoms with E-state index in [1.165, 1.54) is 20.9 Å². The molecule has 2 aromatic rings. The molecular weight excluding hydrogens is 306 g/mol. The summed E-state index contributed by atoms with van der Waals surface area (Å²) in [5.41, 5.74) is 3.02. The Morgan fingerprint density at radius 3 is 2.83 bits per heavy atom. The first-order valence-corrected chi connectivity index (χ1v) is 7.77. The molecule has 1 N–H and O–H groups in total. The maximum absolute atomic E-state index is 3.55. The van der Waals surface area contributed by atoms with E-state index in [0.717, 1.165) is 17.6 Å². The molecule has 0 fully saturated rings. The van der Waals surface area contributed by atoms with Gasteiger partial charge in [0.2, 0.25) is 0 Å². The molecule has 1 nitrogen and oxygen atoms in total. The summed E-state index contributed by atoms with van der Waals surface area (Å²) < 4.78 is 1.14. The normalized spacial score (nSPS) is 17.5. The van der Waals surface area contributed by atoms with E-state index in [1.54, 1.807) is 0 Å². The van der Waals surface area contributed by atoms with Crippen LogP contribution in [-0.4, -0.2) is 6.54 Å². The Balaban J connectivity index is 2.08. The molecule has 0 aliphatic carbocycles. The zero-order valence-electron chi connectivity index (χ0n) is 10.6. The highest BCUT2D eigenvalue weighted by molar-refractivity contribution is 9.10. The second-order valence-electron chi connectivity index (χ2n) is 5.46. The molecule has 0 saturated carbocycles. The largest absolute Gasteiger partial charge is 0.312 e. The highest BCUT2D eigenvalue weighted by Crippen LogP contribution is 2.40. The van der Waals surface area contributed by atoms with Crippen LogP contribution in [0.1, 0.15) is 24.3 Å². The lowest BCUT2D eigenvalue weighted by molar-refractivity contribution is 0.445. The molecular formula is C15H16BrNS. The molecule has 0 atom stereocenters. The van der Waals surface area contributed by atoms with Crippen LogP contribution in [0.2, 0.25) is 0 Å². The zero-order chi connectivity index (χ0) is 12.8. The molecule has 1 aromatic carbocycles. The highest BCUT2D eigenvalue weighted by Gasteiger charge is 2.29. The molecule has 1 aliphatic rings. The number of rotatable bonds is 1. The second-order valence-corrected chi connectivity index (χ2v) is 7.43. The lowest BCUT2D eigenvalue weighted by Gasteiger charge is -2.30. The Morgan fingerprint density at radius 2 is 2.11 bits per heavy atom. The fraction of sp³-hybridized carbons (Fsp3) is 0.333. The van der Waals surface area contributed by atoms with E-state index in [1.807, 2.05) is 11.3 Å². The van der Waals surface area contributed by atoms with Crippen LogP contribution in [0, 0.1) is 0 Å². The maximum Gasteiger partial charge on any atom is 0.0349 e. The van der Waals surface area contributed by atoms with Crippen molar-refractivity contribution in [3.8, 4) is 10.4 Å². The van der Waals surface area contributed by atoms with Crippen molar-refractivity contribution in [3.05, 3.63) is 45.2 Å². The Bertz CT molecular complexity index is 586. The Hall–Kier alpha value is -0.640. The molecule has 0 spiro atoms. The van der Waals surface area contributed by atoms with Crippen molar-refractivity contribution >= 4 is 27.3 Å². The molecule has 0 saturated heterocycles. The summed E-state index contributed by atoms with van der Waals surface area (Å²) in [5, 5.41) is 3.50. The Labute approximate surface area is 120 Å². The average Bonchev–Trinajstić information content (AvgIpc) is 2.74.